The molecule has 0 aromatic heterocycles. The fourth-order valence-electron chi connectivity index (χ4n) is 2.47. The third-order valence-corrected chi connectivity index (χ3v) is 3.62. The zero-order valence-corrected chi connectivity index (χ0v) is 12.0. The Morgan fingerprint density at radius 1 is 0.900 bits per heavy atom. The molecular formula is C16H25N3O. The number of nitrogens with one attached hydrogen (secondary N) is 3. The molecule has 1 aromatic rings. The van der Waals surface area contributed by atoms with E-state index in [-0.39, 0.29) is 11.9 Å². The van der Waals surface area contributed by atoms with Crippen molar-refractivity contribution in [2.75, 3.05) is 26.2 Å². The first-order valence-electron chi connectivity index (χ1n) is 7.62. The van der Waals surface area contributed by atoms with Crippen LogP contribution in [0.15, 0.2) is 30.3 Å². The molecule has 20 heavy (non-hydrogen) atoms. The van der Waals surface area contributed by atoms with Gasteiger partial charge in [-0.1, -0.05) is 30.3 Å². The normalized spacial score (nSPS) is 23.0. The Hall–Kier alpha value is -1.39. The molecule has 1 amide bonds. The van der Waals surface area contributed by atoms with Crippen LogP contribution >= 0.6 is 0 Å². The first-order chi connectivity index (χ1) is 9.86. The third kappa shape index (κ3) is 5.31. The minimum Gasteiger partial charge on any atom is -0.356 e. The van der Waals surface area contributed by atoms with Crippen LogP contribution in [0.4, 0.5) is 0 Å². The van der Waals surface area contributed by atoms with Crippen molar-refractivity contribution in [1.82, 2.24) is 16.0 Å². The summed E-state index contributed by atoms with van der Waals surface area (Å²) < 4.78 is 0. The monoisotopic (exact) mass is 275 g/mol. The lowest BCUT2D eigenvalue weighted by Crippen LogP contribution is -2.31. The first-order valence-corrected chi connectivity index (χ1v) is 7.62. The van der Waals surface area contributed by atoms with Crippen LogP contribution < -0.4 is 16.0 Å². The molecule has 1 saturated heterocycles. The van der Waals surface area contributed by atoms with E-state index in [4.69, 9.17) is 0 Å². The average molecular weight is 275 g/mol. The highest BCUT2D eigenvalue weighted by molar-refractivity contribution is 5.76. The topological polar surface area (TPSA) is 53.2 Å². The highest BCUT2D eigenvalue weighted by atomic mass is 16.1. The van der Waals surface area contributed by atoms with Gasteiger partial charge in [-0.2, -0.15) is 0 Å². The van der Waals surface area contributed by atoms with E-state index in [0.29, 0.717) is 6.42 Å². The Kier molecular flexibility index (Phi) is 6.54. The predicted octanol–water partition coefficient (Wildman–Crippen LogP) is 1.60. The van der Waals surface area contributed by atoms with Crippen molar-refractivity contribution in [2.24, 2.45) is 0 Å². The summed E-state index contributed by atoms with van der Waals surface area (Å²) in [6.07, 6.45) is 3.82. The van der Waals surface area contributed by atoms with Crippen molar-refractivity contribution < 1.29 is 4.79 Å². The van der Waals surface area contributed by atoms with E-state index >= 15 is 0 Å². The summed E-state index contributed by atoms with van der Waals surface area (Å²) in [7, 11) is 0. The zero-order chi connectivity index (χ0) is 14.0. The summed E-state index contributed by atoms with van der Waals surface area (Å²) in [5, 5.41) is 9.92. The molecule has 4 nitrogen and oxygen atoms in total. The van der Waals surface area contributed by atoms with Crippen LogP contribution in [-0.2, 0) is 4.79 Å². The molecule has 2 rings (SSSR count). The molecule has 1 aliphatic heterocycles. The SMILES string of the molecule is O=C1CC(c2ccccc2)NCCCCNCCCN1. The molecule has 110 valence electrons. The summed E-state index contributed by atoms with van der Waals surface area (Å²) >= 11 is 0. The molecular weight excluding hydrogens is 250 g/mol. The largest absolute Gasteiger partial charge is 0.356 e. The van der Waals surface area contributed by atoms with E-state index in [1.807, 2.05) is 18.2 Å². The second-order valence-electron chi connectivity index (χ2n) is 5.28. The van der Waals surface area contributed by atoms with Crippen LogP contribution in [0.25, 0.3) is 0 Å². The molecule has 1 aromatic carbocycles. The van der Waals surface area contributed by atoms with Crippen molar-refractivity contribution in [3.05, 3.63) is 35.9 Å². The molecule has 0 saturated carbocycles. The van der Waals surface area contributed by atoms with Crippen molar-refractivity contribution >= 4 is 5.91 Å². The second kappa shape index (κ2) is 8.72. The molecule has 0 bridgehead atoms. The van der Waals surface area contributed by atoms with Crippen molar-refractivity contribution in [3.63, 3.8) is 0 Å². The Morgan fingerprint density at radius 3 is 2.50 bits per heavy atom. The van der Waals surface area contributed by atoms with E-state index in [0.717, 1.165) is 39.0 Å². The van der Waals surface area contributed by atoms with Gasteiger partial charge in [0.25, 0.3) is 0 Å². The van der Waals surface area contributed by atoms with Crippen LogP contribution in [0.1, 0.15) is 37.3 Å². The highest BCUT2D eigenvalue weighted by Gasteiger charge is 2.15. The Morgan fingerprint density at radius 2 is 1.65 bits per heavy atom. The fourth-order valence-corrected chi connectivity index (χ4v) is 2.47. The molecule has 0 radical (unpaired) electrons. The number of rotatable bonds is 1. The molecule has 1 unspecified atom stereocenters. The van der Waals surface area contributed by atoms with Crippen LogP contribution in [0, 0.1) is 0 Å². The number of amides is 1. The fraction of sp³-hybridized carbons (Fsp3) is 0.562. The second-order valence-corrected chi connectivity index (χ2v) is 5.28. The molecule has 0 spiro atoms. The van der Waals surface area contributed by atoms with E-state index in [1.54, 1.807) is 0 Å². The van der Waals surface area contributed by atoms with Gasteiger partial charge >= 0.3 is 0 Å². The minimum absolute atomic E-state index is 0.116. The number of benzene rings is 1. The lowest BCUT2D eigenvalue weighted by Gasteiger charge is -2.19. The van der Waals surface area contributed by atoms with Gasteiger partial charge in [0, 0.05) is 19.0 Å². The number of carbonyl (C=O) groups excluding carboxylic acids is 1. The van der Waals surface area contributed by atoms with Gasteiger partial charge in [0.05, 0.1) is 0 Å². The Labute approximate surface area is 121 Å². The maximum atomic E-state index is 12.0. The van der Waals surface area contributed by atoms with Crippen molar-refractivity contribution in [2.45, 2.75) is 31.7 Å². The average Bonchev–Trinajstić information content (AvgIpc) is 2.50. The summed E-state index contributed by atoms with van der Waals surface area (Å²) in [6, 6.07) is 10.4. The zero-order valence-electron chi connectivity index (χ0n) is 12.0. The summed E-state index contributed by atoms with van der Waals surface area (Å²) in [4.78, 5) is 12.0. The van der Waals surface area contributed by atoms with Crippen molar-refractivity contribution in [1.29, 1.82) is 0 Å². The van der Waals surface area contributed by atoms with E-state index < -0.39 is 0 Å². The van der Waals surface area contributed by atoms with E-state index in [2.05, 4.69) is 28.1 Å². The highest BCUT2D eigenvalue weighted by Crippen LogP contribution is 2.16. The number of hydrogen-bond acceptors (Lipinski definition) is 3. The maximum Gasteiger partial charge on any atom is 0.221 e. The van der Waals surface area contributed by atoms with E-state index in [9.17, 15) is 4.79 Å². The first kappa shape index (κ1) is 15.0. The lowest BCUT2D eigenvalue weighted by molar-refractivity contribution is -0.121. The summed E-state index contributed by atoms with van der Waals surface area (Å²) in [5.41, 5.74) is 1.19. The van der Waals surface area contributed by atoms with Crippen LogP contribution in [0.5, 0.6) is 0 Å². The summed E-state index contributed by atoms with van der Waals surface area (Å²) in [6.45, 7) is 3.75. The van der Waals surface area contributed by atoms with Crippen LogP contribution in [-0.4, -0.2) is 32.1 Å². The predicted molar refractivity (Wildman–Crippen MR) is 81.5 cm³/mol. The standard InChI is InChI=1S/C16H25N3O/c20-16-13-15(14-7-2-1-3-8-14)18-11-5-4-9-17-10-6-12-19-16/h1-3,7-8,15,17-18H,4-6,9-13H2,(H,19,20). The Balaban J connectivity index is 1.97. The third-order valence-electron chi connectivity index (χ3n) is 3.62. The number of carbonyl (C=O) groups is 1. The lowest BCUT2D eigenvalue weighted by atomic mass is 10.0. The van der Waals surface area contributed by atoms with Gasteiger partial charge in [0.2, 0.25) is 5.91 Å². The van der Waals surface area contributed by atoms with Crippen molar-refractivity contribution in [3.8, 4) is 0 Å². The molecule has 0 aliphatic carbocycles. The molecule has 3 N–H and O–H groups in total. The smallest absolute Gasteiger partial charge is 0.221 e. The minimum atomic E-state index is 0.116. The van der Waals surface area contributed by atoms with Gasteiger partial charge in [0.1, 0.15) is 0 Å². The van der Waals surface area contributed by atoms with Gasteiger partial charge in [-0.05, 0) is 44.5 Å². The van der Waals surface area contributed by atoms with Gasteiger partial charge < -0.3 is 16.0 Å². The quantitative estimate of drug-likeness (QED) is 0.729. The van der Waals surface area contributed by atoms with E-state index in [1.165, 1.54) is 12.0 Å². The van der Waals surface area contributed by atoms with Gasteiger partial charge in [-0.15, -0.1) is 0 Å². The maximum absolute atomic E-state index is 12.0. The van der Waals surface area contributed by atoms with Gasteiger partial charge in [0.15, 0.2) is 0 Å². The molecule has 1 aliphatic rings. The Bertz CT molecular complexity index is 394. The van der Waals surface area contributed by atoms with Gasteiger partial charge in [-0.3, -0.25) is 4.79 Å². The van der Waals surface area contributed by atoms with Crippen LogP contribution in [0.2, 0.25) is 0 Å². The number of hydrogen-bond donors (Lipinski definition) is 3. The van der Waals surface area contributed by atoms with Crippen LogP contribution in [0.3, 0.4) is 0 Å². The molecule has 4 heteroatoms. The molecule has 1 fully saturated rings. The molecule has 1 heterocycles. The van der Waals surface area contributed by atoms with Gasteiger partial charge in [-0.25, -0.2) is 0 Å². The molecule has 1 atom stereocenters. The summed E-state index contributed by atoms with van der Waals surface area (Å²) in [5.74, 6) is 0.130.